The molecule has 2 aromatic rings. The molecule has 2 rings (SSSR count). The van der Waals surface area contributed by atoms with Gasteiger partial charge >= 0.3 is 0 Å². The summed E-state index contributed by atoms with van der Waals surface area (Å²) in [7, 11) is 0. The summed E-state index contributed by atoms with van der Waals surface area (Å²) in [5.41, 5.74) is 0. The lowest BCUT2D eigenvalue weighted by Crippen LogP contribution is -1.77. The van der Waals surface area contributed by atoms with Gasteiger partial charge in [0.15, 0.2) is 0 Å². The Hall–Kier alpha value is -1.28. The summed E-state index contributed by atoms with van der Waals surface area (Å²) in [5, 5.41) is 8.65. The monoisotopic (exact) mass is 292 g/mol. The SMILES string of the molecule is OCCC#Cc1ccc(CSc2cccc(F)c2)s1. The topological polar surface area (TPSA) is 20.2 Å². The summed E-state index contributed by atoms with van der Waals surface area (Å²) in [4.78, 5) is 3.15. The molecule has 19 heavy (non-hydrogen) atoms. The van der Waals surface area contributed by atoms with Crippen LogP contribution in [-0.2, 0) is 5.75 Å². The Labute approximate surface area is 120 Å². The van der Waals surface area contributed by atoms with Crippen LogP contribution in [0.3, 0.4) is 0 Å². The minimum absolute atomic E-state index is 0.0979. The first kappa shape index (κ1) is 14.1. The van der Waals surface area contributed by atoms with Crippen molar-refractivity contribution in [1.29, 1.82) is 0 Å². The van der Waals surface area contributed by atoms with Crippen LogP contribution in [0, 0.1) is 17.7 Å². The lowest BCUT2D eigenvalue weighted by atomic mass is 10.4. The number of aliphatic hydroxyl groups is 1. The van der Waals surface area contributed by atoms with Crippen molar-refractivity contribution in [3.8, 4) is 11.8 Å². The van der Waals surface area contributed by atoms with Gasteiger partial charge in [-0.15, -0.1) is 23.1 Å². The number of benzene rings is 1. The predicted molar refractivity (Wildman–Crippen MR) is 78.9 cm³/mol. The highest BCUT2D eigenvalue weighted by atomic mass is 32.2. The molecule has 0 fully saturated rings. The number of hydrogen-bond donors (Lipinski definition) is 1. The summed E-state index contributed by atoms with van der Waals surface area (Å²) < 4.78 is 13.0. The molecule has 0 amide bonds. The van der Waals surface area contributed by atoms with Gasteiger partial charge in [-0.2, -0.15) is 0 Å². The summed E-state index contributed by atoms with van der Waals surface area (Å²) in [5.74, 6) is 6.53. The molecule has 1 N–H and O–H groups in total. The maximum Gasteiger partial charge on any atom is 0.124 e. The Kier molecular flexibility index (Phi) is 5.46. The molecule has 98 valence electrons. The molecule has 0 saturated carbocycles. The van der Waals surface area contributed by atoms with E-state index in [1.165, 1.54) is 10.9 Å². The van der Waals surface area contributed by atoms with Gasteiger partial charge in [0.1, 0.15) is 5.82 Å². The molecular weight excluding hydrogens is 279 g/mol. The molecule has 0 spiro atoms. The Bertz CT molecular complexity index is 595. The largest absolute Gasteiger partial charge is 0.395 e. The maximum absolute atomic E-state index is 13.0. The zero-order valence-corrected chi connectivity index (χ0v) is 11.9. The van der Waals surface area contributed by atoms with Crippen LogP contribution in [0.5, 0.6) is 0 Å². The fourth-order valence-electron chi connectivity index (χ4n) is 1.44. The van der Waals surface area contributed by atoms with E-state index in [-0.39, 0.29) is 12.4 Å². The Morgan fingerprint density at radius 3 is 2.95 bits per heavy atom. The van der Waals surface area contributed by atoms with Crippen molar-refractivity contribution in [3.63, 3.8) is 0 Å². The predicted octanol–water partition coefficient (Wildman–Crippen LogP) is 3.91. The second kappa shape index (κ2) is 7.34. The first-order valence-electron chi connectivity index (χ1n) is 5.85. The van der Waals surface area contributed by atoms with E-state index in [1.54, 1.807) is 35.2 Å². The quantitative estimate of drug-likeness (QED) is 0.681. The highest BCUT2D eigenvalue weighted by Crippen LogP contribution is 2.26. The van der Waals surface area contributed by atoms with Gasteiger partial charge in [-0.05, 0) is 30.3 Å². The van der Waals surface area contributed by atoms with E-state index in [0.29, 0.717) is 6.42 Å². The van der Waals surface area contributed by atoms with E-state index < -0.39 is 0 Å². The highest BCUT2D eigenvalue weighted by Gasteiger charge is 2.01. The normalized spacial score (nSPS) is 10.0. The number of rotatable bonds is 4. The third-order valence-corrected chi connectivity index (χ3v) is 4.51. The van der Waals surface area contributed by atoms with Crippen LogP contribution < -0.4 is 0 Å². The van der Waals surface area contributed by atoms with Gasteiger partial charge in [-0.3, -0.25) is 0 Å². The van der Waals surface area contributed by atoms with Crippen molar-refractivity contribution < 1.29 is 9.50 Å². The third kappa shape index (κ3) is 4.71. The molecule has 1 nitrogen and oxygen atoms in total. The van der Waals surface area contributed by atoms with Crippen molar-refractivity contribution in [2.24, 2.45) is 0 Å². The van der Waals surface area contributed by atoms with Crippen LogP contribution in [0.25, 0.3) is 0 Å². The molecule has 0 bridgehead atoms. The van der Waals surface area contributed by atoms with E-state index in [0.717, 1.165) is 15.5 Å². The molecule has 0 saturated heterocycles. The molecule has 1 aromatic carbocycles. The molecule has 1 heterocycles. The average Bonchev–Trinajstić information content (AvgIpc) is 2.85. The fourth-order valence-corrected chi connectivity index (χ4v) is 3.31. The van der Waals surface area contributed by atoms with Crippen LogP contribution in [0.15, 0.2) is 41.3 Å². The van der Waals surface area contributed by atoms with E-state index in [9.17, 15) is 4.39 Å². The number of thioether (sulfide) groups is 1. The summed E-state index contributed by atoms with van der Waals surface area (Å²) in [6.07, 6.45) is 0.505. The number of hydrogen-bond acceptors (Lipinski definition) is 3. The summed E-state index contributed by atoms with van der Waals surface area (Å²) in [6.45, 7) is 0.0979. The van der Waals surface area contributed by atoms with Crippen molar-refractivity contribution >= 4 is 23.1 Å². The van der Waals surface area contributed by atoms with Gasteiger partial charge in [0.2, 0.25) is 0 Å². The zero-order valence-electron chi connectivity index (χ0n) is 10.2. The standard InChI is InChI=1S/C15H13FOS2/c16-12-4-3-6-14(10-12)18-11-15-8-7-13(19-15)5-1-2-9-17/h3-4,6-8,10,17H,2,9,11H2. The van der Waals surface area contributed by atoms with Crippen molar-refractivity contribution in [1.82, 2.24) is 0 Å². The second-order valence-electron chi connectivity index (χ2n) is 3.79. The smallest absolute Gasteiger partial charge is 0.124 e. The molecule has 1 aromatic heterocycles. The van der Waals surface area contributed by atoms with Crippen LogP contribution in [0.4, 0.5) is 4.39 Å². The minimum atomic E-state index is -0.202. The number of halogens is 1. The zero-order chi connectivity index (χ0) is 13.5. The Balaban J connectivity index is 1.92. The molecule has 4 heteroatoms. The third-order valence-electron chi connectivity index (χ3n) is 2.29. The molecule has 0 aliphatic heterocycles. The van der Waals surface area contributed by atoms with Gasteiger partial charge in [0.05, 0.1) is 11.5 Å². The fraction of sp³-hybridized carbons (Fsp3) is 0.200. The van der Waals surface area contributed by atoms with Gasteiger partial charge in [0, 0.05) is 21.9 Å². The second-order valence-corrected chi connectivity index (χ2v) is 6.00. The van der Waals surface area contributed by atoms with Gasteiger partial charge in [-0.1, -0.05) is 17.9 Å². The number of aliphatic hydroxyl groups excluding tert-OH is 1. The van der Waals surface area contributed by atoms with Crippen LogP contribution in [-0.4, -0.2) is 11.7 Å². The Morgan fingerprint density at radius 2 is 2.16 bits per heavy atom. The van der Waals surface area contributed by atoms with Gasteiger partial charge in [-0.25, -0.2) is 4.39 Å². The summed E-state index contributed by atoms with van der Waals surface area (Å²) >= 11 is 3.25. The number of thiophene rings is 1. The van der Waals surface area contributed by atoms with Crippen LogP contribution in [0.2, 0.25) is 0 Å². The maximum atomic E-state index is 13.0. The first-order chi connectivity index (χ1) is 9.28. The minimum Gasteiger partial charge on any atom is -0.395 e. The molecule has 0 unspecified atom stereocenters. The van der Waals surface area contributed by atoms with Crippen LogP contribution in [0.1, 0.15) is 16.2 Å². The summed E-state index contributed by atoms with van der Waals surface area (Å²) in [6, 6.07) is 10.6. The Morgan fingerprint density at radius 1 is 1.26 bits per heavy atom. The van der Waals surface area contributed by atoms with E-state index in [1.807, 2.05) is 18.2 Å². The lowest BCUT2D eigenvalue weighted by Gasteiger charge is -1.99. The molecule has 0 aliphatic carbocycles. The molecule has 0 aliphatic rings. The van der Waals surface area contributed by atoms with Crippen molar-refractivity contribution in [3.05, 3.63) is 52.0 Å². The molecule has 0 radical (unpaired) electrons. The van der Waals surface area contributed by atoms with Crippen molar-refractivity contribution in [2.45, 2.75) is 17.1 Å². The van der Waals surface area contributed by atoms with E-state index >= 15 is 0 Å². The lowest BCUT2D eigenvalue weighted by molar-refractivity contribution is 0.305. The van der Waals surface area contributed by atoms with Crippen molar-refractivity contribution in [2.75, 3.05) is 6.61 Å². The highest BCUT2D eigenvalue weighted by molar-refractivity contribution is 7.98. The van der Waals surface area contributed by atoms with Gasteiger partial charge < -0.3 is 5.11 Å². The van der Waals surface area contributed by atoms with Crippen LogP contribution >= 0.6 is 23.1 Å². The average molecular weight is 292 g/mol. The van der Waals surface area contributed by atoms with E-state index in [2.05, 4.69) is 11.8 Å². The van der Waals surface area contributed by atoms with E-state index in [4.69, 9.17) is 5.11 Å². The first-order valence-corrected chi connectivity index (χ1v) is 7.65. The molecular formula is C15H13FOS2. The van der Waals surface area contributed by atoms with Gasteiger partial charge in [0.25, 0.3) is 0 Å². The molecule has 0 atom stereocenters.